The molecule has 3 aliphatic rings. The van der Waals surface area contributed by atoms with Crippen molar-refractivity contribution in [3.63, 3.8) is 0 Å². The maximum absolute atomic E-state index is 12.6. The van der Waals surface area contributed by atoms with E-state index in [-0.39, 0.29) is 39.3 Å². The number of amides is 3. The van der Waals surface area contributed by atoms with Crippen LogP contribution < -0.4 is 5.32 Å². The van der Waals surface area contributed by atoms with Crippen molar-refractivity contribution in [3.8, 4) is 0 Å². The van der Waals surface area contributed by atoms with E-state index in [0.717, 1.165) is 15.6 Å². The molecule has 1 aromatic rings. The highest BCUT2D eigenvalue weighted by Crippen LogP contribution is 2.52. The number of nitrogens with one attached hydrogen (secondary N) is 1. The van der Waals surface area contributed by atoms with Gasteiger partial charge in [-0.25, -0.2) is 12.7 Å². The average molecular weight is 496 g/mol. The van der Waals surface area contributed by atoms with Gasteiger partial charge in [-0.3, -0.25) is 24.1 Å². The second kappa shape index (κ2) is 8.54. The van der Waals surface area contributed by atoms with E-state index in [1.807, 2.05) is 12.2 Å². The van der Waals surface area contributed by atoms with E-state index >= 15 is 0 Å². The second-order valence-electron chi connectivity index (χ2n) is 8.40. The summed E-state index contributed by atoms with van der Waals surface area (Å²) in [5, 5.41) is 2.41. The molecule has 2 fully saturated rings. The molecule has 4 atom stereocenters. The minimum atomic E-state index is -3.83. The number of allylic oxidation sites excluding steroid dienone is 2. The van der Waals surface area contributed by atoms with Crippen LogP contribution in [0.4, 0.5) is 5.69 Å². The van der Waals surface area contributed by atoms with Crippen LogP contribution in [-0.2, 0) is 33.9 Å². The van der Waals surface area contributed by atoms with E-state index in [1.54, 1.807) is 0 Å². The topological polar surface area (TPSA) is 130 Å². The standard InChI is InChI=1S/C21H22ClN3O7S/c1-24(2)33(30,31)15-8-13(5-6-14(15)22)23-16(26)10-32-17(27)9-25-20(28)18-11-3-4-12(7-11)19(18)21(25)29/h3-6,8,11-12,18-19H,7,9-10H2,1-2H3,(H,23,26). The minimum Gasteiger partial charge on any atom is -0.454 e. The molecule has 2 bridgehead atoms. The van der Waals surface area contributed by atoms with E-state index in [9.17, 15) is 27.6 Å². The normalized spacial score (nSPS) is 25.6. The summed E-state index contributed by atoms with van der Waals surface area (Å²) in [5.41, 5.74) is 0.140. The van der Waals surface area contributed by atoms with E-state index in [2.05, 4.69) is 5.32 Å². The Balaban J connectivity index is 1.32. The van der Waals surface area contributed by atoms with Crippen LogP contribution in [0, 0.1) is 23.7 Å². The highest BCUT2D eigenvalue weighted by atomic mass is 35.5. The van der Waals surface area contributed by atoms with Crippen LogP contribution in [0.15, 0.2) is 35.2 Å². The predicted octanol–water partition coefficient (Wildman–Crippen LogP) is 0.879. The number of fused-ring (bicyclic) bond motifs is 5. The average Bonchev–Trinajstić information content (AvgIpc) is 3.43. The SMILES string of the molecule is CN(C)S(=O)(=O)c1cc(NC(=O)COC(=O)CN2C(=O)C3C4C=CC(C4)C3C2=O)ccc1Cl. The van der Waals surface area contributed by atoms with Crippen LogP contribution in [0.1, 0.15) is 6.42 Å². The molecule has 0 aromatic heterocycles. The zero-order chi connectivity index (χ0) is 24.1. The molecule has 4 unspecified atom stereocenters. The molecule has 33 heavy (non-hydrogen) atoms. The lowest BCUT2D eigenvalue weighted by Crippen LogP contribution is -2.38. The van der Waals surface area contributed by atoms with Crippen LogP contribution >= 0.6 is 11.6 Å². The number of hydrogen-bond acceptors (Lipinski definition) is 7. The number of halogens is 1. The number of rotatable bonds is 7. The summed E-state index contributed by atoms with van der Waals surface area (Å²) in [5.74, 6) is -3.13. The molecule has 0 radical (unpaired) electrons. The lowest BCUT2D eigenvalue weighted by molar-refractivity contribution is -0.154. The van der Waals surface area contributed by atoms with Gasteiger partial charge in [0.25, 0.3) is 5.91 Å². The Morgan fingerprint density at radius 1 is 1.15 bits per heavy atom. The minimum absolute atomic E-state index is 0.0125. The van der Waals surface area contributed by atoms with Gasteiger partial charge < -0.3 is 10.1 Å². The number of imide groups is 1. The number of anilines is 1. The fraction of sp³-hybridized carbons (Fsp3) is 0.429. The number of carbonyl (C=O) groups is 4. The van der Waals surface area contributed by atoms with Gasteiger partial charge in [-0.2, -0.15) is 0 Å². The maximum Gasteiger partial charge on any atom is 0.326 e. The zero-order valence-corrected chi connectivity index (χ0v) is 19.4. The molecule has 4 rings (SSSR count). The first-order valence-corrected chi connectivity index (χ1v) is 12.0. The quantitative estimate of drug-likeness (QED) is 0.337. The van der Waals surface area contributed by atoms with Gasteiger partial charge >= 0.3 is 5.97 Å². The van der Waals surface area contributed by atoms with Crippen molar-refractivity contribution in [2.45, 2.75) is 11.3 Å². The Morgan fingerprint density at radius 2 is 1.76 bits per heavy atom. The van der Waals surface area contributed by atoms with Gasteiger partial charge in [-0.1, -0.05) is 23.8 Å². The number of esters is 1. The van der Waals surface area contributed by atoms with Gasteiger partial charge in [0.2, 0.25) is 21.8 Å². The Hall–Kier alpha value is -2.76. The summed E-state index contributed by atoms with van der Waals surface area (Å²) in [7, 11) is -1.14. The summed E-state index contributed by atoms with van der Waals surface area (Å²) < 4.78 is 30.6. The predicted molar refractivity (Wildman–Crippen MR) is 116 cm³/mol. The largest absolute Gasteiger partial charge is 0.454 e. The first-order valence-electron chi connectivity index (χ1n) is 10.2. The van der Waals surface area contributed by atoms with Crippen molar-refractivity contribution in [3.05, 3.63) is 35.4 Å². The number of sulfonamides is 1. The fourth-order valence-corrected chi connectivity index (χ4v) is 6.01. The van der Waals surface area contributed by atoms with Crippen molar-refractivity contribution >= 4 is 51.0 Å². The summed E-state index contributed by atoms with van der Waals surface area (Å²) in [6.45, 7) is -1.23. The molecule has 2 aliphatic carbocycles. The molecule has 12 heteroatoms. The van der Waals surface area contributed by atoms with Crippen molar-refractivity contribution in [2.24, 2.45) is 23.7 Å². The molecule has 1 saturated heterocycles. The van der Waals surface area contributed by atoms with Crippen LogP contribution in [-0.4, -0.2) is 68.6 Å². The number of carbonyl (C=O) groups excluding carboxylic acids is 4. The second-order valence-corrected chi connectivity index (χ2v) is 10.9. The van der Waals surface area contributed by atoms with Crippen molar-refractivity contribution in [2.75, 3.05) is 32.6 Å². The fourth-order valence-electron chi connectivity index (χ4n) is 4.61. The first kappa shape index (κ1) is 23.4. The molecule has 3 amide bonds. The van der Waals surface area contributed by atoms with Crippen molar-refractivity contribution in [1.82, 2.24) is 9.21 Å². The van der Waals surface area contributed by atoms with Crippen LogP contribution in [0.5, 0.6) is 0 Å². The smallest absolute Gasteiger partial charge is 0.326 e. The van der Waals surface area contributed by atoms with Crippen molar-refractivity contribution in [1.29, 1.82) is 0 Å². The van der Waals surface area contributed by atoms with Gasteiger partial charge in [0.1, 0.15) is 11.4 Å². The molecule has 1 saturated carbocycles. The van der Waals surface area contributed by atoms with Crippen LogP contribution in [0.3, 0.4) is 0 Å². The monoisotopic (exact) mass is 495 g/mol. The molecule has 10 nitrogen and oxygen atoms in total. The van der Waals surface area contributed by atoms with Crippen LogP contribution in [0.25, 0.3) is 0 Å². The molecule has 1 aromatic carbocycles. The Labute approximate surface area is 195 Å². The van der Waals surface area contributed by atoms with Gasteiger partial charge in [0.15, 0.2) is 6.61 Å². The number of benzene rings is 1. The van der Waals surface area contributed by atoms with E-state index < -0.39 is 46.9 Å². The van der Waals surface area contributed by atoms with E-state index in [0.29, 0.717) is 0 Å². The summed E-state index contributed by atoms with van der Waals surface area (Å²) >= 11 is 5.97. The first-order chi connectivity index (χ1) is 15.5. The summed E-state index contributed by atoms with van der Waals surface area (Å²) in [4.78, 5) is 50.3. The molecule has 1 heterocycles. The lowest BCUT2D eigenvalue weighted by atomic mass is 9.85. The lowest BCUT2D eigenvalue weighted by Gasteiger charge is -2.16. The highest BCUT2D eigenvalue weighted by Gasteiger charge is 2.59. The molecular weight excluding hydrogens is 474 g/mol. The van der Waals surface area contributed by atoms with Gasteiger partial charge in [0, 0.05) is 19.8 Å². The third kappa shape index (κ3) is 4.16. The number of likely N-dealkylation sites (tertiary alicyclic amines) is 1. The van der Waals surface area contributed by atoms with Crippen molar-refractivity contribution < 1.29 is 32.3 Å². The van der Waals surface area contributed by atoms with Gasteiger partial charge in [-0.15, -0.1) is 0 Å². The number of hydrogen-bond donors (Lipinski definition) is 1. The molecular formula is C21H22ClN3O7S. The summed E-state index contributed by atoms with van der Waals surface area (Å²) in [6.07, 6.45) is 4.69. The van der Waals surface area contributed by atoms with Gasteiger partial charge in [-0.05, 0) is 36.5 Å². The third-order valence-corrected chi connectivity index (χ3v) is 8.48. The molecule has 1 aliphatic heterocycles. The van der Waals surface area contributed by atoms with Crippen LogP contribution in [0.2, 0.25) is 5.02 Å². The summed E-state index contributed by atoms with van der Waals surface area (Å²) in [6, 6.07) is 3.92. The number of nitrogens with zero attached hydrogens (tertiary/aromatic N) is 2. The zero-order valence-electron chi connectivity index (χ0n) is 17.9. The molecule has 0 spiro atoms. The van der Waals surface area contributed by atoms with Gasteiger partial charge in [0.05, 0.1) is 16.9 Å². The highest BCUT2D eigenvalue weighted by molar-refractivity contribution is 7.89. The Morgan fingerprint density at radius 3 is 2.33 bits per heavy atom. The van der Waals surface area contributed by atoms with E-state index in [1.165, 1.54) is 32.3 Å². The Bertz CT molecular complexity index is 1150. The molecule has 176 valence electrons. The number of ether oxygens (including phenoxy) is 1. The molecule has 1 N–H and O–H groups in total. The third-order valence-electron chi connectivity index (χ3n) is 6.19. The maximum atomic E-state index is 12.6. The Kier molecular flexibility index (Phi) is 6.06. The van der Waals surface area contributed by atoms with E-state index in [4.69, 9.17) is 16.3 Å².